The van der Waals surface area contributed by atoms with Crippen molar-refractivity contribution in [3.63, 3.8) is 0 Å². The molecule has 104 valence electrons. The van der Waals surface area contributed by atoms with Crippen LogP contribution in [0, 0.1) is 15.5 Å². The first-order valence-electron chi connectivity index (χ1n) is 6.07. The largest absolute Gasteiger partial charge is 0.346 e. The van der Waals surface area contributed by atoms with Gasteiger partial charge in [0.2, 0.25) is 0 Å². The van der Waals surface area contributed by atoms with Crippen molar-refractivity contribution in [2.45, 2.75) is 32.2 Å². The van der Waals surface area contributed by atoms with E-state index in [1.165, 1.54) is 19.0 Å². The van der Waals surface area contributed by atoms with Crippen molar-refractivity contribution < 1.29 is 4.92 Å². The third-order valence-corrected chi connectivity index (χ3v) is 5.43. The lowest BCUT2D eigenvalue weighted by atomic mass is 9.88. The monoisotopic (exact) mass is 392 g/mol. The molecule has 0 unspecified atom stereocenters. The fourth-order valence-electron chi connectivity index (χ4n) is 2.65. The van der Waals surface area contributed by atoms with E-state index >= 15 is 0 Å². The highest BCUT2D eigenvalue weighted by atomic mass is 79.9. The molecule has 0 aliphatic heterocycles. The minimum atomic E-state index is -0.626. The number of aromatic nitrogens is 1. The maximum absolute atomic E-state index is 11.6. The Morgan fingerprint density at radius 3 is 2.53 bits per heavy atom. The van der Waals surface area contributed by atoms with Crippen LogP contribution >= 0.6 is 31.9 Å². The van der Waals surface area contributed by atoms with E-state index < -0.39 is 10.4 Å². The SMILES string of the molecule is O=c1c(Br)cn(CC2(CBr)CCCC2)cc1[N+](=O)[O-]. The topological polar surface area (TPSA) is 65.1 Å². The average Bonchev–Trinajstić information content (AvgIpc) is 2.82. The highest BCUT2D eigenvalue weighted by Crippen LogP contribution is 2.41. The lowest BCUT2D eigenvalue weighted by Gasteiger charge is -2.27. The fraction of sp³-hybridized carbons (Fsp3) is 0.583. The van der Waals surface area contributed by atoms with E-state index in [9.17, 15) is 14.9 Å². The Kier molecular flexibility index (Phi) is 4.45. The molecule has 1 aliphatic rings. The molecule has 5 nitrogen and oxygen atoms in total. The summed E-state index contributed by atoms with van der Waals surface area (Å²) in [4.78, 5) is 21.9. The van der Waals surface area contributed by atoms with Gasteiger partial charge in [0.05, 0.1) is 15.6 Å². The van der Waals surface area contributed by atoms with Gasteiger partial charge >= 0.3 is 5.69 Å². The molecule has 0 atom stereocenters. The molecule has 1 saturated carbocycles. The molecular weight excluding hydrogens is 380 g/mol. The third-order valence-electron chi connectivity index (χ3n) is 3.68. The second kappa shape index (κ2) is 5.75. The first-order valence-corrected chi connectivity index (χ1v) is 7.99. The van der Waals surface area contributed by atoms with Crippen LogP contribution in [0.1, 0.15) is 25.7 Å². The average molecular weight is 394 g/mol. The summed E-state index contributed by atoms with van der Waals surface area (Å²) in [5.74, 6) is 0. The van der Waals surface area contributed by atoms with Gasteiger partial charge in [-0.3, -0.25) is 14.9 Å². The Balaban J connectivity index is 2.35. The Morgan fingerprint density at radius 2 is 2.00 bits per heavy atom. The highest BCUT2D eigenvalue weighted by Gasteiger charge is 2.33. The molecule has 0 aromatic carbocycles. The molecule has 7 heteroatoms. The van der Waals surface area contributed by atoms with E-state index in [1.54, 1.807) is 10.8 Å². The zero-order chi connectivity index (χ0) is 14.0. The van der Waals surface area contributed by atoms with Crippen LogP contribution in [0.15, 0.2) is 21.7 Å². The number of hydrogen-bond acceptors (Lipinski definition) is 3. The van der Waals surface area contributed by atoms with Crippen molar-refractivity contribution in [1.82, 2.24) is 4.57 Å². The van der Waals surface area contributed by atoms with Crippen LogP contribution in [0.4, 0.5) is 5.69 Å². The molecule has 1 fully saturated rings. The number of pyridine rings is 1. The summed E-state index contributed by atoms with van der Waals surface area (Å²) >= 11 is 6.66. The fourth-order valence-corrected chi connectivity index (χ4v) is 3.85. The Bertz CT molecular complexity index is 550. The number of rotatable bonds is 4. The van der Waals surface area contributed by atoms with Crippen LogP contribution in [-0.2, 0) is 6.54 Å². The second-order valence-corrected chi connectivity index (χ2v) is 6.51. The van der Waals surface area contributed by atoms with Crippen molar-refractivity contribution in [3.8, 4) is 0 Å². The van der Waals surface area contributed by atoms with E-state index in [2.05, 4.69) is 31.9 Å². The number of alkyl halides is 1. The van der Waals surface area contributed by atoms with Gasteiger partial charge in [0.15, 0.2) is 0 Å². The van der Waals surface area contributed by atoms with Gasteiger partial charge in [-0.25, -0.2) is 0 Å². The van der Waals surface area contributed by atoms with Crippen molar-refractivity contribution >= 4 is 37.5 Å². The predicted octanol–water partition coefficient (Wildman–Crippen LogP) is 3.47. The third kappa shape index (κ3) is 3.08. The van der Waals surface area contributed by atoms with E-state index in [0.29, 0.717) is 6.54 Å². The molecule has 0 N–H and O–H groups in total. The zero-order valence-electron chi connectivity index (χ0n) is 10.3. The van der Waals surface area contributed by atoms with E-state index in [-0.39, 0.29) is 15.6 Å². The molecule has 0 saturated heterocycles. The molecule has 1 aromatic rings. The Morgan fingerprint density at radius 1 is 1.37 bits per heavy atom. The van der Waals surface area contributed by atoms with Crippen LogP contribution in [0.2, 0.25) is 0 Å². The molecule has 0 spiro atoms. The van der Waals surface area contributed by atoms with Gasteiger partial charge in [-0.2, -0.15) is 0 Å². The van der Waals surface area contributed by atoms with Crippen LogP contribution < -0.4 is 5.43 Å². The van der Waals surface area contributed by atoms with Gasteiger partial charge < -0.3 is 4.57 Å². The van der Waals surface area contributed by atoms with Gasteiger partial charge in [0.1, 0.15) is 0 Å². The standard InChI is InChI=1S/C12H14Br2N2O3/c13-7-12(3-1-2-4-12)8-15-5-9(14)11(17)10(6-15)16(18)19/h5-6H,1-4,7-8H2. The minimum absolute atomic E-state index is 0.141. The smallest absolute Gasteiger partial charge is 0.333 e. The van der Waals surface area contributed by atoms with E-state index in [4.69, 9.17) is 0 Å². The molecule has 0 amide bonds. The summed E-state index contributed by atoms with van der Waals surface area (Å²) < 4.78 is 2.00. The van der Waals surface area contributed by atoms with Crippen molar-refractivity contribution in [2.24, 2.45) is 5.41 Å². The minimum Gasteiger partial charge on any atom is -0.346 e. The number of nitro groups is 1. The number of halogens is 2. The zero-order valence-corrected chi connectivity index (χ0v) is 13.4. The Labute approximate surface area is 127 Å². The van der Waals surface area contributed by atoms with Crippen molar-refractivity contribution in [1.29, 1.82) is 0 Å². The quantitative estimate of drug-likeness (QED) is 0.446. The summed E-state index contributed by atoms with van der Waals surface area (Å²) in [6, 6.07) is 0. The molecule has 1 heterocycles. The second-order valence-electron chi connectivity index (χ2n) is 5.09. The first-order chi connectivity index (χ1) is 8.97. The summed E-state index contributed by atoms with van der Waals surface area (Å²) in [5.41, 5.74) is -0.805. The summed E-state index contributed by atoms with van der Waals surface area (Å²) in [6.07, 6.45) is 7.57. The van der Waals surface area contributed by atoms with Gasteiger partial charge in [-0.1, -0.05) is 28.8 Å². The van der Waals surface area contributed by atoms with Crippen LogP contribution in [0.3, 0.4) is 0 Å². The molecule has 1 aromatic heterocycles. The summed E-state index contributed by atoms with van der Waals surface area (Å²) in [6.45, 7) is 0.692. The van der Waals surface area contributed by atoms with Crippen LogP contribution in [-0.4, -0.2) is 14.8 Å². The number of nitrogens with zero attached hydrogens (tertiary/aromatic N) is 2. The van der Waals surface area contributed by atoms with Crippen LogP contribution in [0.5, 0.6) is 0 Å². The van der Waals surface area contributed by atoms with Gasteiger partial charge in [0.25, 0.3) is 5.43 Å². The van der Waals surface area contributed by atoms with Gasteiger partial charge in [0, 0.05) is 18.1 Å². The van der Waals surface area contributed by atoms with E-state index in [1.807, 2.05) is 0 Å². The normalized spacial score (nSPS) is 17.6. The van der Waals surface area contributed by atoms with Crippen molar-refractivity contribution in [2.75, 3.05) is 5.33 Å². The molecule has 0 radical (unpaired) electrons. The number of hydrogen-bond donors (Lipinski definition) is 0. The lowest BCUT2D eigenvalue weighted by molar-refractivity contribution is -0.386. The molecular formula is C12H14Br2N2O3. The van der Waals surface area contributed by atoms with Gasteiger partial charge in [-0.15, -0.1) is 0 Å². The molecule has 2 rings (SSSR count). The lowest BCUT2D eigenvalue weighted by Crippen LogP contribution is -2.26. The summed E-state index contributed by atoms with van der Waals surface area (Å²) in [7, 11) is 0. The molecule has 19 heavy (non-hydrogen) atoms. The molecule has 1 aliphatic carbocycles. The first kappa shape index (κ1) is 14.7. The highest BCUT2D eigenvalue weighted by molar-refractivity contribution is 9.10. The van der Waals surface area contributed by atoms with Crippen LogP contribution in [0.25, 0.3) is 0 Å². The summed E-state index contributed by atoms with van der Waals surface area (Å²) in [5, 5.41) is 11.7. The molecule has 0 bridgehead atoms. The Hall–Kier alpha value is -0.690. The maximum Gasteiger partial charge on any atom is 0.333 e. The predicted molar refractivity (Wildman–Crippen MR) is 79.8 cm³/mol. The van der Waals surface area contributed by atoms with Gasteiger partial charge in [-0.05, 0) is 34.2 Å². The van der Waals surface area contributed by atoms with E-state index in [0.717, 1.165) is 18.2 Å². The van der Waals surface area contributed by atoms with Crippen molar-refractivity contribution in [3.05, 3.63) is 37.2 Å². The maximum atomic E-state index is 11.6.